The summed E-state index contributed by atoms with van der Waals surface area (Å²) < 4.78 is 0. The number of rotatable bonds is 5. The highest BCUT2D eigenvalue weighted by Crippen LogP contribution is 2.11. The molecule has 0 aliphatic carbocycles. The summed E-state index contributed by atoms with van der Waals surface area (Å²) in [5.74, 6) is 0.704. The van der Waals surface area contributed by atoms with E-state index in [1.807, 2.05) is 0 Å². The van der Waals surface area contributed by atoms with E-state index >= 15 is 0 Å². The molecule has 0 unspecified atom stereocenters. The number of hydrogen-bond donors (Lipinski definition) is 0. The Hall–Kier alpha value is -1.04. The van der Waals surface area contributed by atoms with Gasteiger partial charge < -0.3 is 0 Å². The number of benzene rings is 1. The lowest BCUT2D eigenvalue weighted by atomic mass is 10.0. The summed E-state index contributed by atoms with van der Waals surface area (Å²) in [5.41, 5.74) is 1.30. The highest BCUT2D eigenvalue weighted by molar-refractivity contribution is 5.48. The summed E-state index contributed by atoms with van der Waals surface area (Å²) >= 11 is 0. The summed E-state index contributed by atoms with van der Waals surface area (Å²) in [7, 11) is 0. The zero-order valence-corrected chi connectivity index (χ0v) is 9.24. The van der Waals surface area contributed by atoms with E-state index in [0.717, 1.165) is 0 Å². The molecule has 1 aromatic carbocycles. The number of allylic oxidation sites excluding steroid dienone is 1. The molecule has 0 spiro atoms. The fraction of sp³-hybridized carbons (Fsp3) is 0.429. The first-order valence-corrected chi connectivity index (χ1v) is 5.56. The average Bonchev–Trinajstić information content (AvgIpc) is 2.25. The maximum Gasteiger partial charge on any atom is -0.0259 e. The van der Waals surface area contributed by atoms with Crippen molar-refractivity contribution >= 4 is 6.08 Å². The van der Waals surface area contributed by atoms with E-state index in [1.54, 1.807) is 0 Å². The van der Waals surface area contributed by atoms with Crippen LogP contribution in [0.5, 0.6) is 0 Å². The summed E-state index contributed by atoms with van der Waals surface area (Å²) in [5, 5.41) is 0. The number of unbranched alkanes of at least 4 members (excludes halogenated alkanes) is 1. The van der Waals surface area contributed by atoms with Gasteiger partial charge in [0.1, 0.15) is 0 Å². The summed E-state index contributed by atoms with van der Waals surface area (Å²) in [6, 6.07) is 10.5. The largest absolute Gasteiger partial charge is 0.0811 e. The molecule has 0 N–H and O–H groups in total. The van der Waals surface area contributed by atoms with Crippen molar-refractivity contribution in [3.05, 3.63) is 42.0 Å². The molecule has 0 amide bonds. The third kappa shape index (κ3) is 4.27. The van der Waals surface area contributed by atoms with Crippen molar-refractivity contribution in [3.63, 3.8) is 0 Å². The molecule has 1 aromatic rings. The second-order valence-electron chi connectivity index (χ2n) is 3.89. The molecule has 0 bridgehead atoms. The average molecular weight is 188 g/mol. The van der Waals surface area contributed by atoms with Crippen molar-refractivity contribution in [3.8, 4) is 0 Å². The quantitative estimate of drug-likeness (QED) is 0.637. The van der Waals surface area contributed by atoms with Crippen molar-refractivity contribution < 1.29 is 0 Å². The van der Waals surface area contributed by atoms with Gasteiger partial charge in [-0.25, -0.2) is 0 Å². The molecule has 1 rings (SSSR count). The lowest BCUT2D eigenvalue weighted by molar-refractivity contribution is 0.600. The molecule has 0 heterocycles. The molecule has 0 saturated carbocycles. The summed E-state index contributed by atoms with van der Waals surface area (Å²) in [6.45, 7) is 4.53. The zero-order valence-electron chi connectivity index (χ0n) is 9.24. The van der Waals surface area contributed by atoms with Crippen LogP contribution >= 0.6 is 0 Å². The molecule has 0 aliphatic heterocycles. The molecule has 0 radical (unpaired) electrons. The van der Waals surface area contributed by atoms with E-state index in [9.17, 15) is 0 Å². The Kier molecular flexibility index (Phi) is 5.06. The molecule has 0 heteroatoms. The Labute approximate surface area is 87.7 Å². The van der Waals surface area contributed by atoms with Crippen LogP contribution in [0.4, 0.5) is 0 Å². The molecular formula is C14H20. The van der Waals surface area contributed by atoms with Crippen LogP contribution in [0.15, 0.2) is 36.4 Å². The summed E-state index contributed by atoms with van der Waals surface area (Å²) in [4.78, 5) is 0. The minimum atomic E-state index is 0.704. The van der Waals surface area contributed by atoms with Gasteiger partial charge in [-0.3, -0.25) is 0 Å². The molecular weight excluding hydrogens is 168 g/mol. The zero-order chi connectivity index (χ0) is 10.2. The second-order valence-corrected chi connectivity index (χ2v) is 3.89. The number of hydrogen-bond acceptors (Lipinski definition) is 0. The van der Waals surface area contributed by atoms with E-state index in [2.05, 4.69) is 56.3 Å². The highest BCUT2D eigenvalue weighted by atomic mass is 14.0. The Morgan fingerprint density at radius 1 is 1.21 bits per heavy atom. The maximum atomic E-state index is 2.31. The van der Waals surface area contributed by atoms with Gasteiger partial charge in [0, 0.05) is 0 Å². The smallest absolute Gasteiger partial charge is 0.0259 e. The van der Waals surface area contributed by atoms with Crippen molar-refractivity contribution in [1.82, 2.24) is 0 Å². The van der Waals surface area contributed by atoms with Gasteiger partial charge in [0.25, 0.3) is 0 Å². The second kappa shape index (κ2) is 6.42. The first-order valence-electron chi connectivity index (χ1n) is 5.56. The lowest BCUT2D eigenvalue weighted by Crippen LogP contribution is -1.88. The van der Waals surface area contributed by atoms with Gasteiger partial charge in [-0.15, -0.1) is 0 Å². The van der Waals surface area contributed by atoms with Gasteiger partial charge in [-0.2, -0.15) is 0 Å². The van der Waals surface area contributed by atoms with Crippen LogP contribution in [-0.2, 0) is 0 Å². The van der Waals surface area contributed by atoms with Gasteiger partial charge in [0.05, 0.1) is 0 Å². The predicted molar refractivity (Wildman–Crippen MR) is 64.2 cm³/mol. The minimum Gasteiger partial charge on any atom is -0.0811 e. The van der Waals surface area contributed by atoms with E-state index in [-0.39, 0.29) is 0 Å². The van der Waals surface area contributed by atoms with E-state index in [0.29, 0.717) is 5.92 Å². The Morgan fingerprint density at radius 2 is 1.93 bits per heavy atom. The van der Waals surface area contributed by atoms with Crippen LogP contribution in [-0.4, -0.2) is 0 Å². The molecule has 0 fully saturated rings. The van der Waals surface area contributed by atoms with Crippen molar-refractivity contribution in [2.45, 2.75) is 33.1 Å². The topological polar surface area (TPSA) is 0 Å². The van der Waals surface area contributed by atoms with Gasteiger partial charge in [0.15, 0.2) is 0 Å². The van der Waals surface area contributed by atoms with Crippen molar-refractivity contribution in [2.75, 3.05) is 0 Å². The van der Waals surface area contributed by atoms with Crippen LogP contribution in [0, 0.1) is 5.92 Å². The standard InChI is InChI=1S/C14H20/c1-3-4-8-13(2)11-12-14-9-6-5-7-10-14/h5-7,9-13H,3-4,8H2,1-2H3/b12-11+/t13-/m0/s1. The van der Waals surface area contributed by atoms with E-state index in [4.69, 9.17) is 0 Å². The third-order valence-corrected chi connectivity index (χ3v) is 2.43. The van der Waals surface area contributed by atoms with Gasteiger partial charge in [-0.05, 0) is 17.9 Å². The molecule has 0 nitrogen and oxygen atoms in total. The molecule has 0 aromatic heterocycles. The fourth-order valence-electron chi connectivity index (χ4n) is 1.46. The first-order chi connectivity index (χ1) is 6.83. The van der Waals surface area contributed by atoms with Crippen molar-refractivity contribution in [1.29, 1.82) is 0 Å². The van der Waals surface area contributed by atoms with Crippen LogP contribution < -0.4 is 0 Å². The SMILES string of the molecule is CCCC[C@H](C)/C=C/c1ccccc1. The van der Waals surface area contributed by atoms with Gasteiger partial charge >= 0.3 is 0 Å². The van der Waals surface area contributed by atoms with Crippen LogP contribution in [0.25, 0.3) is 6.08 Å². The third-order valence-electron chi connectivity index (χ3n) is 2.43. The molecule has 1 atom stereocenters. The Bertz CT molecular complexity index is 259. The van der Waals surface area contributed by atoms with E-state index in [1.165, 1.54) is 24.8 Å². The maximum absolute atomic E-state index is 2.31. The fourth-order valence-corrected chi connectivity index (χ4v) is 1.46. The molecule has 0 aliphatic rings. The van der Waals surface area contributed by atoms with Crippen molar-refractivity contribution in [2.24, 2.45) is 5.92 Å². The van der Waals surface area contributed by atoms with Gasteiger partial charge in [-0.1, -0.05) is 69.2 Å². The van der Waals surface area contributed by atoms with Crippen LogP contribution in [0.3, 0.4) is 0 Å². The minimum absolute atomic E-state index is 0.704. The Morgan fingerprint density at radius 3 is 2.57 bits per heavy atom. The van der Waals surface area contributed by atoms with Gasteiger partial charge in [0.2, 0.25) is 0 Å². The van der Waals surface area contributed by atoms with E-state index < -0.39 is 0 Å². The molecule has 76 valence electrons. The molecule has 14 heavy (non-hydrogen) atoms. The Balaban J connectivity index is 2.39. The highest BCUT2D eigenvalue weighted by Gasteiger charge is 1.94. The monoisotopic (exact) mass is 188 g/mol. The molecule has 0 saturated heterocycles. The predicted octanol–water partition coefficient (Wildman–Crippen LogP) is 4.53. The van der Waals surface area contributed by atoms with Crippen LogP contribution in [0.2, 0.25) is 0 Å². The lowest BCUT2D eigenvalue weighted by Gasteiger charge is -2.03. The van der Waals surface area contributed by atoms with Crippen LogP contribution in [0.1, 0.15) is 38.7 Å². The first kappa shape index (κ1) is 11.0. The summed E-state index contributed by atoms with van der Waals surface area (Å²) in [6.07, 6.45) is 8.47. The normalized spacial score (nSPS) is 13.3.